The van der Waals surface area contributed by atoms with Gasteiger partial charge in [-0.25, -0.2) is 9.97 Å². The van der Waals surface area contributed by atoms with Crippen molar-refractivity contribution in [2.45, 2.75) is 6.42 Å². The van der Waals surface area contributed by atoms with Crippen LogP contribution in [0.1, 0.15) is 5.56 Å². The lowest BCUT2D eigenvalue weighted by atomic mass is 10.1. The fraction of sp³-hybridized carbons (Fsp3) is 0.0833. The first-order valence-corrected chi connectivity index (χ1v) is 5.19. The van der Waals surface area contributed by atoms with Gasteiger partial charge in [-0.05, 0) is 0 Å². The molecule has 0 radical (unpaired) electrons. The number of nitrogens with zero attached hydrogens (tertiary/aromatic N) is 2. The third-order valence-corrected chi connectivity index (χ3v) is 2.55. The molecule has 1 aromatic carbocycles. The second-order valence-corrected chi connectivity index (χ2v) is 3.59. The fourth-order valence-corrected chi connectivity index (χ4v) is 1.71. The molecule has 2 rings (SSSR count). The van der Waals surface area contributed by atoms with E-state index in [0.29, 0.717) is 16.4 Å². The van der Waals surface area contributed by atoms with Crippen molar-refractivity contribution in [3.8, 4) is 11.3 Å². The van der Waals surface area contributed by atoms with E-state index in [0.717, 1.165) is 11.8 Å². The summed E-state index contributed by atoms with van der Waals surface area (Å²) in [6.45, 7) is 0. The van der Waals surface area contributed by atoms with Crippen LogP contribution < -0.4 is 0 Å². The molecule has 0 N–H and O–H groups in total. The van der Waals surface area contributed by atoms with Crippen molar-refractivity contribution in [2.75, 3.05) is 0 Å². The molecule has 0 fully saturated rings. The number of carbonyl (C=O) groups is 1. The molecule has 0 aliphatic carbocycles. The van der Waals surface area contributed by atoms with Crippen molar-refractivity contribution >= 4 is 17.9 Å². The van der Waals surface area contributed by atoms with Crippen molar-refractivity contribution in [1.82, 2.24) is 9.97 Å². The highest BCUT2D eigenvalue weighted by molar-refractivity contribution is 6.30. The van der Waals surface area contributed by atoms with Crippen LogP contribution >= 0.6 is 11.6 Å². The largest absolute Gasteiger partial charge is 0.303 e. The van der Waals surface area contributed by atoms with Crippen LogP contribution in [0.15, 0.2) is 36.7 Å². The molecular formula is C12H9ClN2O. The lowest BCUT2D eigenvalue weighted by Crippen LogP contribution is -1.97. The molecule has 0 amide bonds. The molecule has 80 valence electrons. The molecule has 0 saturated heterocycles. The molecule has 0 unspecified atom stereocenters. The predicted molar refractivity (Wildman–Crippen MR) is 62.2 cm³/mol. The highest BCUT2D eigenvalue weighted by atomic mass is 35.5. The third kappa shape index (κ3) is 2.09. The summed E-state index contributed by atoms with van der Waals surface area (Å²) in [5, 5.41) is 0.334. The van der Waals surface area contributed by atoms with Gasteiger partial charge in [-0.1, -0.05) is 41.9 Å². The molecule has 16 heavy (non-hydrogen) atoms. The average Bonchev–Trinajstić information content (AvgIpc) is 2.33. The first-order valence-electron chi connectivity index (χ1n) is 4.81. The molecule has 1 aromatic heterocycles. The summed E-state index contributed by atoms with van der Waals surface area (Å²) in [4.78, 5) is 18.6. The highest BCUT2D eigenvalue weighted by Gasteiger charge is 2.10. The Hall–Kier alpha value is -1.74. The van der Waals surface area contributed by atoms with Gasteiger partial charge in [0.05, 0.1) is 5.69 Å². The molecule has 0 aliphatic heterocycles. The Bertz CT molecular complexity index is 500. The predicted octanol–water partition coefficient (Wildman–Crippen LogP) is 2.54. The van der Waals surface area contributed by atoms with Gasteiger partial charge in [0.25, 0.3) is 0 Å². The summed E-state index contributed by atoms with van der Waals surface area (Å²) >= 11 is 5.95. The van der Waals surface area contributed by atoms with E-state index < -0.39 is 0 Å². The van der Waals surface area contributed by atoms with E-state index in [-0.39, 0.29) is 6.42 Å². The van der Waals surface area contributed by atoms with Gasteiger partial charge in [-0.2, -0.15) is 0 Å². The molecular weight excluding hydrogens is 224 g/mol. The molecule has 3 nitrogen and oxygen atoms in total. The van der Waals surface area contributed by atoms with Crippen LogP contribution in [-0.4, -0.2) is 16.3 Å². The van der Waals surface area contributed by atoms with Gasteiger partial charge in [0.1, 0.15) is 17.8 Å². The number of carbonyl (C=O) groups excluding carboxylic acids is 1. The summed E-state index contributed by atoms with van der Waals surface area (Å²) < 4.78 is 0. The first-order chi connectivity index (χ1) is 7.83. The van der Waals surface area contributed by atoms with Gasteiger partial charge in [0.2, 0.25) is 0 Å². The minimum atomic E-state index is 0.226. The minimum absolute atomic E-state index is 0.226. The minimum Gasteiger partial charge on any atom is -0.303 e. The number of benzene rings is 1. The molecule has 2 aromatic rings. The second kappa shape index (κ2) is 4.86. The number of aromatic nitrogens is 2. The van der Waals surface area contributed by atoms with Crippen molar-refractivity contribution in [2.24, 2.45) is 0 Å². The zero-order chi connectivity index (χ0) is 11.4. The van der Waals surface area contributed by atoms with Gasteiger partial charge in [0.15, 0.2) is 0 Å². The summed E-state index contributed by atoms with van der Waals surface area (Å²) in [5.41, 5.74) is 2.32. The van der Waals surface area contributed by atoms with Crippen molar-refractivity contribution in [3.63, 3.8) is 0 Å². The van der Waals surface area contributed by atoms with E-state index in [1.54, 1.807) is 0 Å². The van der Waals surface area contributed by atoms with Crippen molar-refractivity contribution < 1.29 is 4.79 Å². The Balaban J connectivity index is 2.56. The van der Waals surface area contributed by atoms with Gasteiger partial charge in [-0.15, -0.1) is 0 Å². The molecule has 0 saturated carbocycles. The normalized spacial score (nSPS) is 10.1. The summed E-state index contributed by atoms with van der Waals surface area (Å²) in [7, 11) is 0. The fourth-order valence-electron chi connectivity index (χ4n) is 1.50. The van der Waals surface area contributed by atoms with Crippen LogP contribution in [0, 0.1) is 0 Å². The zero-order valence-corrected chi connectivity index (χ0v) is 9.19. The van der Waals surface area contributed by atoms with Gasteiger partial charge < -0.3 is 4.79 Å². The Labute approximate surface area is 98.1 Å². The van der Waals surface area contributed by atoms with Crippen LogP contribution in [0.25, 0.3) is 11.3 Å². The summed E-state index contributed by atoms with van der Waals surface area (Å²) in [5.74, 6) is 0. The lowest BCUT2D eigenvalue weighted by molar-refractivity contribution is -0.107. The molecule has 4 heteroatoms. The molecule has 0 aliphatic rings. The van der Waals surface area contributed by atoms with Crippen LogP contribution in [0.3, 0.4) is 0 Å². The summed E-state index contributed by atoms with van der Waals surface area (Å²) in [6, 6.07) is 9.59. The second-order valence-electron chi connectivity index (χ2n) is 3.23. The van der Waals surface area contributed by atoms with E-state index in [2.05, 4.69) is 9.97 Å². The SMILES string of the molecule is O=CCc1c(Cl)ncnc1-c1ccccc1. The Kier molecular flexibility index (Phi) is 3.27. The maximum absolute atomic E-state index is 10.6. The van der Waals surface area contributed by atoms with Crippen molar-refractivity contribution in [3.05, 3.63) is 47.4 Å². The van der Waals surface area contributed by atoms with Gasteiger partial charge in [-0.3, -0.25) is 0 Å². The monoisotopic (exact) mass is 232 g/mol. The Morgan fingerprint density at radius 2 is 1.94 bits per heavy atom. The van der Waals surface area contributed by atoms with Crippen molar-refractivity contribution in [1.29, 1.82) is 0 Å². The smallest absolute Gasteiger partial charge is 0.136 e. The molecule has 0 bridgehead atoms. The van der Waals surface area contributed by atoms with Gasteiger partial charge in [0, 0.05) is 17.5 Å². The molecule has 1 heterocycles. The quantitative estimate of drug-likeness (QED) is 0.603. The maximum Gasteiger partial charge on any atom is 0.136 e. The Morgan fingerprint density at radius 1 is 1.19 bits per heavy atom. The van der Waals surface area contributed by atoms with Crippen LogP contribution in [0.4, 0.5) is 0 Å². The van der Waals surface area contributed by atoms with E-state index in [9.17, 15) is 4.79 Å². The van der Waals surface area contributed by atoms with Gasteiger partial charge >= 0.3 is 0 Å². The van der Waals surface area contributed by atoms with E-state index in [4.69, 9.17) is 11.6 Å². The van der Waals surface area contributed by atoms with E-state index >= 15 is 0 Å². The number of halogens is 1. The average molecular weight is 233 g/mol. The third-order valence-electron chi connectivity index (χ3n) is 2.23. The van der Waals surface area contributed by atoms with E-state index in [1.165, 1.54) is 6.33 Å². The van der Waals surface area contributed by atoms with E-state index in [1.807, 2.05) is 30.3 Å². The standard InChI is InChI=1S/C12H9ClN2O/c13-12-10(6-7-16)11(14-8-15-12)9-4-2-1-3-5-9/h1-5,7-8H,6H2. The van der Waals surface area contributed by atoms with Crippen LogP contribution in [-0.2, 0) is 11.2 Å². The number of rotatable bonds is 3. The maximum atomic E-state index is 10.6. The van der Waals surface area contributed by atoms with Crippen LogP contribution in [0.2, 0.25) is 5.15 Å². The molecule has 0 spiro atoms. The molecule has 0 atom stereocenters. The number of hydrogen-bond donors (Lipinski definition) is 0. The summed E-state index contributed by atoms with van der Waals surface area (Å²) in [6.07, 6.45) is 2.43. The number of aldehydes is 1. The van der Waals surface area contributed by atoms with Crippen LogP contribution in [0.5, 0.6) is 0 Å². The topological polar surface area (TPSA) is 42.9 Å². The highest BCUT2D eigenvalue weighted by Crippen LogP contribution is 2.25. The zero-order valence-electron chi connectivity index (χ0n) is 8.43. The first kappa shape index (κ1) is 10.8. The Morgan fingerprint density at radius 3 is 2.62 bits per heavy atom. The lowest BCUT2D eigenvalue weighted by Gasteiger charge is -2.06. The number of hydrogen-bond acceptors (Lipinski definition) is 3.